The Morgan fingerprint density at radius 1 is 1.15 bits per heavy atom. The van der Waals surface area contributed by atoms with Crippen molar-refractivity contribution in [2.24, 2.45) is 0 Å². The normalized spacial score (nSPS) is 20.8. The second kappa shape index (κ2) is 7.47. The van der Waals surface area contributed by atoms with Crippen LogP contribution in [-0.2, 0) is 10.9 Å². The molecule has 0 aromatic heterocycles. The lowest BCUT2D eigenvalue weighted by atomic mass is 10.0. The quantitative estimate of drug-likeness (QED) is 0.754. The van der Waals surface area contributed by atoms with Crippen LogP contribution < -0.4 is 0 Å². The third-order valence-electron chi connectivity index (χ3n) is 4.56. The minimum atomic E-state index is -4.32. The topological polar surface area (TPSA) is 32.8 Å². The van der Waals surface area contributed by atoms with E-state index >= 15 is 0 Å². The molecule has 0 spiro atoms. The summed E-state index contributed by atoms with van der Waals surface area (Å²) in [5, 5.41) is 0. The van der Waals surface area contributed by atoms with E-state index in [1.165, 1.54) is 12.1 Å². The lowest BCUT2D eigenvalue weighted by molar-refractivity contribution is -0.137. The minimum Gasteiger partial charge on any atom is -0.444 e. The van der Waals surface area contributed by atoms with Crippen LogP contribution in [0.1, 0.15) is 51.8 Å². The number of hydrogen-bond acceptors (Lipinski definition) is 3. The van der Waals surface area contributed by atoms with Crippen LogP contribution in [0.2, 0.25) is 0 Å². The second-order valence-electron chi connectivity index (χ2n) is 7.81. The molecule has 0 saturated carbocycles. The van der Waals surface area contributed by atoms with E-state index in [2.05, 4.69) is 4.90 Å². The number of alkyl halides is 3. The number of amides is 1. The van der Waals surface area contributed by atoms with E-state index in [1.54, 1.807) is 4.90 Å². The van der Waals surface area contributed by atoms with Crippen LogP contribution in [0.4, 0.5) is 18.0 Å². The zero-order valence-corrected chi connectivity index (χ0v) is 15.9. The fourth-order valence-electron chi connectivity index (χ4n) is 3.09. The molecular weight excluding hydrogens is 345 g/mol. The molecule has 26 heavy (non-hydrogen) atoms. The summed E-state index contributed by atoms with van der Waals surface area (Å²) in [6, 6.07) is 5.23. The number of carbonyl (C=O) groups is 1. The number of nitrogens with zero attached hydrogens (tertiary/aromatic N) is 2. The highest BCUT2D eigenvalue weighted by Crippen LogP contribution is 2.31. The fourth-order valence-corrected chi connectivity index (χ4v) is 3.09. The van der Waals surface area contributed by atoms with Gasteiger partial charge in [-0.25, -0.2) is 4.79 Å². The Morgan fingerprint density at radius 3 is 2.19 bits per heavy atom. The first kappa shape index (κ1) is 20.6. The van der Waals surface area contributed by atoms with Crippen LogP contribution in [-0.4, -0.2) is 47.2 Å². The van der Waals surface area contributed by atoms with Gasteiger partial charge in [0.1, 0.15) is 5.60 Å². The molecule has 2 atom stereocenters. The maximum atomic E-state index is 12.7. The standard InChI is InChI=1S/C19H27F3N2O2/c1-13-12-23(10-11-24(13)17(25)26-18(3,4)5)14(2)15-6-8-16(9-7-15)19(20,21)22/h6-9,13-14H,10-12H2,1-5H3. The van der Waals surface area contributed by atoms with Crippen molar-refractivity contribution in [1.29, 1.82) is 0 Å². The summed E-state index contributed by atoms with van der Waals surface area (Å²) in [5.74, 6) is 0. The van der Waals surface area contributed by atoms with E-state index in [4.69, 9.17) is 4.74 Å². The maximum Gasteiger partial charge on any atom is 0.416 e. The Bertz CT molecular complexity index is 623. The van der Waals surface area contributed by atoms with Gasteiger partial charge in [0.15, 0.2) is 0 Å². The first-order valence-electron chi connectivity index (χ1n) is 8.79. The summed E-state index contributed by atoms with van der Waals surface area (Å²) >= 11 is 0. The minimum absolute atomic E-state index is 0.0273. The Balaban J connectivity index is 2.00. The number of hydrogen-bond donors (Lipinski definition) is 0. The first-order valence-corrected chi connectivity index (χ1v) is 8.79. The monoisotopic (exact) mass is 372 g/mol. The molecule has 1 amide bonds. The molecule has 0 N–H and O–H groups in total. The molecule has 2 rings (SSSR count). The molecule has 0 bridgehead atoms. The SMILES string of the molecule is CC(c1ccc(C(F)(F)F)cc1)N1CCN(C(=O)OC(C)(C)C)C(C)C1. The zero-order chi connectivity index (χ0) is 19.7. The summed E-state index contributed by atoms with van der Waals surface area (Å²) in [6.45, 7) is 11.2. The Hall–Kier alpha value is -1.76. The molecule has 1 aliphatic heterocycles. The van der Waals surface area contributed by atoms with E-state index in [9.17, 15) is 18.0 Å². The van der Waals surface area contributed by atoms with E-state index in [1.807, 2.05) is 34.6 Å². The third kappa shape index (κ3) is 5.13. The number of ether oxygens (including phenoxy) is 1. The largest absolute Gasteiger partial charge is 0.444 e. The van der Waals surface area contributed by atoms with Gasteiger partial charge in [0.05, 0.1) is 5.56 Å². The van der Waals surface area contributed by atoms with Crippen LogP contribution in [0, 0.1) is 0 Å². The van der Waals surface area contributed by atoms with Gasteiger partial charge in [-0.05, 0) is 52.3 Å². The summed E-state index contributed by atoms with van der Waals surface area (Å²) < 4.78 is 43.5. The fraction of sp³-hybridized carbons (Fsp3) is 0.632. The molecule has 4 nitrogen and oxygen atoms in total. The van der Waals surface area contributed by atoms with Gasteiger partial charge in [-0.15, -0.1) is 0 Å². The van der Waals surface area contributed by atoms with Crippen molar-refractivity contribution in [2.75, 3.05) is 19.6 Å². The molecule has 1 aliphatic rings. The number of rotatable bonds is 2. The lowest BCUT2D eigenvalue weighted by Gasteiger charge is -2.42. The molecule has 7 heteroatoms. The Morgan fingerprint density at radius 2 is 1.73 bits per heavy atom. The maximum absolute atomic E-state index is 12.7. The molecule has 1 aromatic rings. The molecule has 1 heterocycles. The van der Waals surface area contributed by atoms with E-state index in [0.717, 1.165) is 17.7 Å². The van der Waals surface area contributed by atoms with E-state index in [0.29, 0.717) is 19.6 Å². The summed E-state index contributed by atoms with van der Waals surface area (Å²) in [6.07, 6.45) is -4.65. The summed E-state index contributed by atoms with van der Waals surface area (Å²) in [5.41, 5.74) is -0.353. The molecule has 0 aliphatic carbocycles. The lowest BCUT2D eigenvalue weighted by Crippen LogP contribution is -2.55. The van der Waals surface area contributed by atoms with Crippen molar-refractivity contribution in [3.05, 3.63) is 35.4 Å². The van der Waals surface area contributed by atoms with Crippen LogP contribution >= 0.6 is 0 Å². The van der Waals surface area contributed by atoms with Crippen molar-refractivity contribution < 1.29 is 22.7 Å². The molecular formula is C19H27F3N2O2. The molecule has 2 unspecified atom stereocenters. The number of benzene rings is 1. The van der Waals surface area contributed by atoms with Crippen LogP contribution in [0.25, 0.3) is 0 Å². The highest BCUT2D eigenvalue weighted by atomic mass is 19.4. The smallest absolute Gasteiger partial charge is 0.416 e. The molecule has 0 radical (unpaired) electrons. The first-order chi connectivity index (χ1) is 11.9. The van der Waals surface area contributed by atoms with Crippen molar-refractivity contribution in [1.82, 2.24) is 9.80 Å². The van der Waals surface area contributed by atoms with Gasteiger partial charge in [0.2, 0.25) is 0 Å². The highest BCUT2D eigenvalue weighted by molar-refractivity contribution is 5.68. The van der Waals surface area contributed by atoms with Gasteiger partial charge in [0, 0.05) is 31.7 Å². The highest BCUT2D eigenvalue weighted by Gasteiger charge is 2.33. The predicted octanol–water partition coefficient (Wildman–Crippen LogP) is 4.71. The third-order valence-corrected chi connectivity index (χ3v) is 4.56. The number of halogens is 3. The van der Waals surface area contributed by atoms with Crippen LogP contribution in [0.5, 0.6) is 0 Å². The van der Waals surface area contributed by atoms with Gasteiger partial charge in [-0.1, -0.05) is 12.1 Å². The summed E-state index contributed by atoms with van der Waals surface area (Å²) in [7, 11) is 0. The molecule has 1 saturated heterocycles. The van der Waals surface area contributed by atoms with Gasteiger partial charge in [-0.2, -0.15) is 13.2 Å². The Kier molecular flexibility index (Phi) is 5.90. The Labute approximate surface area is 152 Å². The van der Waals surface area contributed by atoms with Gasteiger partial charge < -0.3 is 9.64 Å². The summed E-state index contributed by atoms with van der Waals surface area (Å²) in [4.78, 5) is 16.2. The predicted molar refractivity (Wildman–Crippen MR) is 93.8 cm³/mol. The molecule has 146 valence electrons. The van der Waals surface area contributed by atoms with Crippen molar-refractivity contribution in [3.63, 3.8) is 0 Å². The molecule has 1 aromatic carbocycles. The van der Waals surface area contributed by atoms with Gasteiger partial charge in [0.25, 0.3) is 0 Å². The van der Waals surface area contributed by atoms with E-state index < -0.39 is 17.3 Å². The zero-order valence-electron chi connectivity index (χ0n) is 15.9. The van der Waals surface area contributed by atoms with Crippen LogP contribution in [0.3, 0.4) is 0 Å². The van der Waals surface area contributed by atoms with Gasteiger partial charge in [-0.3, -0.25) is 4.90 Å². The van der Waals surface area contributed by atoms with Crippen molar-refractivity contribution >= 4 is 6.09 Å². The van der Waals surface area contributed by atoms with E-state index in [-0.39, 0.29) is 18.2 Å². The number of piperazine rings is 1. The molecule has 1 fully saturated rings. The number of carbonyl (C=O) groups excluding carboxylic acids is 1. The van der Waals surface area contributed by atoms with Crippen LogP contribution in [0.15, 0.2) is 24.3 Å². The second-order valence-corrected chi connectivity index (χ2v) is 7.81. The van der Waals surface area contributed by atoms with Gasteiger partial charge >= 0.3 is 12.3 Å². The van der Waals surface area contributed by atoms with Crippen molar-refractivity contribution in [3.8, 4) is 0 Å². The van der Waals surface area contributed by atoms with Crippen molar-refractivity contribution in [2.45, 2.75) is 58.5 Å². The average Bonchev–Trinajstić information content (AvgIpc) is 2.51. The average molecular weight is 372 g/mol.